The second-order valence-corrected chi connectivity index (χ2v) is 12.0. The average Bonchev–Trinajstić information content (AvgIpc) is 3.14. The van der Waals surface area contributed by atoms with Crippen LogP contribution in [0.1, 0.15) is 66.4 Å². The van der Waals surface area contributed by atoms with Gasteiger partial charge in [0.25, 0.3) is 0 Å². The number of primary sulfonamides is 1. The number of hydrogen-bond donors (Lipinski definition) is 2. The van der Waals surface area contributed by atoms with E-state index in [0.717, 1.165) is 38.5 Å². The summed E-state index contributed by atoms with van der Waals surface area (Å²) >= 11 is 0. The van der Waals surface area contributed by atoms with Crippen molar-refractivity contribution in [1.82, 2.24) is 0 Å². The fourth-order valence-corrected chi connectivity index (χ4v) is 7.82. The van der Waals surface area contributed by atoms with E-state index in [1.807, 2.05) is 6.07 Å². The van der Waals surface area contributed by atoms with Gasteiger partial charge in [-0.25, -0.2) is 18.4 Å². The smallest absolute Gasteiger partial charge is 0.338 e. The zero-order valence-electron chi connectivity index (χ0n) is 19.4. The standard InChI is InChI=1S/C27H31NO5S/c1-3-27-14-11-17-15-19(29)7-8-21(17)22(27)12-13-26(2)23(27)9-10-24(26)33-25(30)18-5-4-6-20(16-18)34(28,31)32/h3-8,15-16,22-24,29H,1,9-14H2,2H3,(H2,28,31,32)/t22-,23-,24+,26+,27-/m1/s1. The normalized spacial score (nSPS) is 32.2. The van der Waals surface area contributed by atoms with Crippen molar-refractivity contribution < 1.29 is 23.1 Å². The Bertz CT molecular complexity index is 1270. The van der Waals surface area contributed by atoms with Crippen LogP contribution < -0.4 is 5.14 Å². The number of hydrogen-bond acceptors (Lipinski definition) is 5. The number of allylic oxidation sites excluding steroid dienone is 1. The summed E-state index contributed by atoms with van der Waals surface area (Å²) in [5.74, 6) is 0.460. The van der Waals surface area contributed by atoms with E-state index < -0.39 is 16.0 Å². The molecule has 7 heteroatoms. The second kappa shape index (κ2) is 7.95. The molecule has 0 saturated heterocycles. The number of nitrogens with two attached hydrogens (primary N) is 1. The van der Waals surface area contributed by atoms with E-state index in [-0.39, 0.29) is 27.4 Å². The number of phenols is 1. The van der Waals surface area contributed by atoms with Gasteiger partial charge in [-0.2, -0.15) is 0 Å². The molecule has 2 aromatic rings. The summed E-state index contributed by atoms with van der Waals surface area (Å²) in [4.78, 5) is 12.9. The Hall–Kier alpha value is -2.64. The molecule has 0 radical (unpaired) electrons. The molecule has 180 valence electrons. The summed E-state index contributed by atoms with van der Waals surface area (Å²) in [5.41, 5.74) is 2.46. The van der Waals surface area contributed by atoms with E-state index in [2.05, 4.69) is 25.6 Å². The maximum absolute atomic E-state index is 13.0. The molecule has 2 fully saturated rings. The van der Waals surface area contributed by atoms with Crippen LogP contribution in [0.5, 0.6) is 5.75 Å². The minimum atomic E-state index is -3.90. The van der Waals surface area contributed by atoms with Crippen molar-refractivity contribution in [3.8, 4) is 5.75 Å². The molecule has 0 aromatic heterocycles. The molecule has 0 amide bonds. The van der Waals surface area contributed by atoms with Gasteiger partial charge in [-0.3, -0.25) is 0 Å². The number of phenolic OH excluding ortho intramolecular Hbond substituents is 1. The van der Waals surface area contributed by atoms with Gasteiger partial charge in [0.1, 0.15) is 11.9 Å². The van der Waals surface area contributed by atoms with E-state index in [1.54, 1.807) is 12.1 Å². The van der Waals surface area contributed by atoms with Crippen LogP contribution in [0.3, 0.4) is 0 Å². The number of rotatable bonds is 4. The molecule has 0 aliphatic heterocycles. The summed E-state index contributed by atoms with van der Waals surface area (Å²) in [6.07, 6.45) is 7.36. The van der Waals surface area contributed by atoms with Gasteiger partial charge < -0.3 is 9.84 Å². The third-order valence-electron chi connectivity index (χ3n) is 8.88. The maximum atomic E-state index is 13.0. The van der Waals surface area contributed by atoms with Gasteiger partial charge in [0.15, 0.2) is 0 Å². The Morgan fingerprint density at radius 1 is 1.18 bits per heavy atom. The average molecular weight is 482 g/mol. The van der Waals surface area contributed by atoms with Gasteiger partial charge in [-0.1, -0.05) is 25.1 Å². The predicted molar refractivity (Wildman–Crippen MR) is 129 cm³/mol. The fourth-order valence-electron chi connectivity index (χ4n) is 7.26. The van der Waals surface area contributed by atoms with Crippen molar-refractivity contribution in [2.75, 3.05) is 0 Å². The van der Waals surface area contributed by atoms with Crippen LogP contribution in [0, 0.1) is 16.7 Å². The van der Waals surface area contributed by atoms with Gasteiger partial charge >= 0.3 is 5.97 Å². The third kappa shape index (κ3) is 3.48. The number of aryl methyl sites for hydroxylation is 1. The SMILES string of the molecule is C=C[C@@]12CCc3cc(O)ccc3[C@H]1CC[C@]1(C)[C@@H](OC(=O)c3cccc(S(N)(=O)=O)c3)CC[C@H]12. The minimum Gasteiger partial charge on any atom is -0.508 e. The quantitative estimate of drug-likeness (QED) is 0.487. The minimum absolute atomic E-state index is 0.0777. The fraction of sp³-hybridized carbons (Fsp3) is 0.444. The van der Waals surface area contributed by atoms with Gasteiger partial charge in [0.05, 0.1) is 10.5 Å². The summed E-state index contributed by atoms with van der Waals surface area (Å²) < 4.78 is 29.5. The highest BCUT2D eigenvalue weighted by molar-refractivity contribution is 7.89. The first kappa shape index (κ1) is 23.1. The Balaban J connectivity index is 1.42. The maximum Gasteiger partial charge on any atom is 0.338 e. The predicted octanol–water partition coefficient (Wildman–Crippen LogP) is 4.68. The molecule has 0 bridgehead atoms. The van der Waals surface area contributed by atoms with Crippen molar-refractivity contribution in [1.29, 1.82) is 0 Å². The number of aromatic hydroxyl groups is 1. The monoisotopic (exact) mass is 481 g/mol. The van der Waals surface area contributed by atoms with Gasteiger partial charge in [-0.15, -0.1) is 6.58 Å². The highest BCUT2D eigenvalue weighted by atomic mass is 32.2. The van der Waals surface area contributed by atoms with Gasteiger partial charge in [-0.05, 0) is 97.2 Å². The summed E-state index contributed by atoms with van der Waals surface area (Å²) in [6, 6.07) is 11.5. The van der Waals surface area contributed by atoms with E-state index in [4.69, 9.17) is 9.88 Å². The summed E-state index contributed by atoms with van der Waals surface area (Å²) in [5, 5.41) is 15.2. The topological polar surface area (TPSA) is 107 Å². The largest absolute Gasteiger partial charge is 0.508 e. The molecule has 34 heavy (non-hydrogen) atoms. The Kier molecular flexibility index (Phi) is 5.41. The highest BCUT2D eigenvalue weighted by Gasteiger charge is 2.62. The van der Waals surface area contributed by atoms with Crippen molar-refractivity contribution >= 4 is 16.0 Å². The van der Waals surface area contributed by atoms with E-state index in [1.165, 1.54) is 29.3 Å². The van der Waals surface area contributed by atoms with E-state index >= 15 is 0 Å². The third-order valence-corrected chi connectivity index (χ3v) is 9.79. The molecule has 3 aliphatic rings. The number of carbonyl (C=O) groups is 1. The molecule has 5 rings (SSSR count). The van der Waals surface area contributed by atoms with Crippen LogP contribution in [0.4, 0.5) is 0 Å². The number of esters is 1. The van der Waals surface area contributed by atoms with Gasteiger partial charge in [0.2, 0.25) is 10.0 Å². The first-order valence-corrected chi connectivity index (χ1v) is 13.4. The van der Waals surface area contributed by atoms with Crippen molar-refractivity contribution in [3.05, 3.63) is 71.8 Å². The molecule has 3 aliphatic carbocycles. The van der Waals surface area contributed by atoms with Crippen LogP contribution in [0.15, 0.2) is 60.0 Å². The van der Waals surface area contributed by atoms with Crippen LogP contribution in [0.25, 0.3) is 0 Å². The second-order valence-electron chi connectivity index (χ2n) is 10.4. The first-order chi connectivity index (χ1) is 16.1. The van der Waals surface area contributed by atoms with Crippen LogP contribution >= 0.6 is 0 Å². The Morgan fingerprint density at radius 3 is 2.71 bits per heavy atom. The number of carbonyl (C=O) groups excluding carboxylic acids is 1. The lowest BCUT2D eigenvalue weighted by atomic mass is 9.47. The zero-order chi connectivity index (χ0) is 24.3. The zero-order valence-corrected chi connectivity index (χ0v) is 20.2. The lowest BCUT2D eigenvalue weighted by Crippen LogP contribution is -2.51. The lowest BCUT2D eigenvalue weighted by Gasteiger charge is -2.57. The molecule has 2 aromatic carbocycles. The van der Waals surface area contributed by atoms with E-state index in [9.17, 15) is 18.3 Å². The molecule has 5 atom stereocenters. The Labute approximate surface area is 200 Å². The van der Waals surface area contributed by atoms with Crippen molar-refractivity contribution in [2.24, 2.45) is 21.9 Å². The Morgan fingerprint density at radius 2 is 1.97 bits per heavy atom. The molecule has 0 unspecified atom stereocenters. The van der Waals surface area contributed by atoms with Crippen LogP contribution in [-0.4, -0.2) is 25.6 Å². The molecule has 0 heterocycles. The summed E-state index contributed by atoms with van der Waals surface area (Å²) in [7, 11) is -3.90. The summed E-state index contributed by atoms with van der Waals surface area (Å²) in [6.45, 7) is 6.52. The van der Waals surface area contributed by atoms with Crippen LogP contribution in [-0.2, 0) is 21.2 Å². The van der Waals surface area contributed by atoms with Crippen molar-refractivity contribution in [2.45, 2.75) is 62.4 Å². The number of fused-ring (bicyclic) bond motifs is 5. The molecular formula is C27H31NO5S. The lowest BCUT2D eigenvalue weighted by molar-refractivity contribution is -0.0641. The molecule has 6 nitrogen and oxygen atoms in total. The highest BCUT2D eigenvalue weighted by Crippen LogP contribution is 2.68. The number of ether oxygens (including phenoxy) is 1. The molecule has 2 saturated carbocycles. The molecular weight excluding hydrogens is 450 g/mol. The molecule has 3 N–H and O–H groups in total. The van der Waals surface area contributed by atoms with Crippen molar-refractivity contribution in [3.63, 3.8) is 0 Å². The molecule has 0 spiro atoms. The van der Waals surface area contributed by atoms with Gasteiger partial charge in [0, 0.05) is 5.41 Å². The number of sulfonamides is 1. The van der Waals surface area contributed by atoms with Crippen LogP contribution in [0.2, 0.25) is 0 Å². The first-order valence-electron chi connectivity index (χ1n) is 11.9. The van der Waals surface area contributed by atoms with E-state index in [0.29, 0.717) is 17.6 Å². The number of benzene rings is 2.